The van der Waals surface area contributed by atoms with Crippen LogP contribution in [0.3, 0.4) is 0 Å². The lowest BCUT2D eigenvalue weighted by molar-refractivity contribution is 0.370. The van der Waals surface area contributed by atoms with E-state index in [0.29, 0.717) is 6.04 Å². The van der Waals surface area contributed by atoms with Crippen LogP contribution in [0.25, 0.3) is 0 Å². The van der Waals surface area contributed by atoms with Crippen LogP contribution in [0.1, 0.15) is 63.8 Å². The van der Waals surface area contributed by atoms with Gasteiger partial charge in [-0.15, -0.1) is 0 Å². The summed E-state index contributed by atoms with van der Waals surface area (Å²) in [6.45, 7) is 10.0. The summed E-state index contributed by atoms with van der Waals surface area (Å²) < 4.78 is 1.93. The quantitative estimate of drug-likeness (QED) is 0.765. The van der Waals surface area contributed by atoms with Gasteiger partial charge in [-0.2, -0.15) is 5.10 Å². The summed E-state index contributed by atoms with van der Waals surface area (Å²) in [4.78, 5) is 0. The van der Waals surface area contributed by atoms with Crippen LogP contribution in [0.2, 0.25) is 0 Å². The summed E-state index contributed by atoms with van der Waals surface area (Å²) in [7, 11) is 2.00. The number of nitrogens with one attached hydrogen (secondary N) is 1. The van der Waals surface area contributed by atoms with Gasteiger partial charge >= 0.3 is 0 Å². The summed E-state index contributed by atoms with van der Waals surface area (Å²) in [5.41, 5.74) is 2.54. The Morgan fingerprint density at radius 3 is 2.39 bits per heavy atom. The topological polar surface area (TPSA) is 29.9 Å². The molecule has 0 aliphatic rings. The fourth-order valence-electron chi connectivity index (χ4n) is 2.55. The number of nitrogens with zero attached hydrogens (tertiary/aromatic N) is 2. The fraction of sp³-hybridized carbons (Fsp3) is 0.800. The van der Waals surface area contributed by atoms with E-state index in [9.17, 15) is 0 Å². The first-order valence-electron chi connectivity index (χ1n) is 7.35. The van der Waals surface area contributed by atoms with Crippen molar-refractivity contribution in [2.75, 3.05) is 6.54 Å². The zero-order valence-corrected chi connectivity index (χ0v) is 12.7. The van der Waals surface area contributed by atoms with Crippen molar-refractivity contribution in [3.8, 4) is 0 Å². The molecule has 1 heterocycles. The number of rotatable bonds is 8. The minimum atomic E-state index is 0.462. The molecule has 3 heteroatoms. The van der Waals surface area contributed by atoms with E-state index in [0.717, 1.165) is 18.2 Å². The maximum Gasteiger partial charge on any atom is 0.0641 e. The summed E-state index contributed by atoms with van der Waals surface area (Å²) in [6.07, 6.45) is 7.10. The largest absolute Gasteiger partial charge is 0.310 e. The lowest BCUT2D eigenvalue weighted by atomic mass is 9.91. The molecule has 0 spiro atoms. The molecule has 0 bridgehead atoms. The van der Waals surface area contributed by atoms with Crippen molar-refractivity contribution in [2.24, 2.45) is 13.0 Å². The van der Waals surface area contributed by atoms with Crippen LogP contribution in [0, 0.1) is 12.8 Å². The first-order valence-corrected chi connectivity index (χ1v) is 7.35. The minimum Gasteiger partial charge on any atom is -0.310 e. The Balaban J connectivity index is 2.80. The normalized spacial score (nSPS) is 13.2. The highest BCUT2D eigenvalue weighted by molar-refractivity contribution is 5.20. The Morgan fingerprint density at radius 1 is 1.28 bits per heavy atom. The Hall–Kier alpha value is -0.830. The van der Waals surface area contributed by atoms with Crippen molar-refractivity contribution in [1.82, 2.24) is 15.1 Å². The van der Waals surface area contributed by atoms with Gasteiger partial charge in [0, 0.05) is 24.8 Å². The van der Waals surface area contributed by atoms with Crippen molar-refractivity contribution < 1.29 is 0 Å². The van der Waals surface area contributed by atoms with Gasteiger partial charge in [0.25, 0.3) is 0 Å². The van der Waals surface area contributed by atoms with E-state index >= 15 is 0 Å². The van der Waals surface area contributed by atoms with Crippen LogP contribution in [0.4, 0.5) is 0 Å². The van der Waals surface area contributed by atoms with E-state index in [2.05, 4.69) is 44.3 Å². The molecule has 0 amide bonds. The zero-order chi connectivity index (χ0) is 13.5. The Labute approximate surface area is 112 Å². The molecule has 0 fully saturated rings. The highest BCUT2D eigenvalue weighted by Gasteiger charge is 2.19. The number of hydrogen-bond acceptors (Lipinski definition) is 2. The lowest BCUT2D eigenvalue weighted by Crippen LogP contribution is -2.24. The fourth-order valence-corrected chi connectivity index (χ4v) is 2.55. The van der Waals surface area contributed by atoms with Gasteiger partial charge in [-0.1, -0.05) is 33.6 Å². The average Bonchev–Trinajstić information content (AvgIpc) is 2.69. The van der Waals surface area contributed by atoms with Crippen LogP contribution in [0.5, 0.6) is 0 Å². The van der Waals surface area contributed by atoms with Gasteiger partial charge in [0.1, 0.15) is 0 Å². The van der Waals surface area contributed by atoms with Crippen molar-refractivity contribution in [2.45, 2.75) is 59.4 Å². The second-order valence-electron chi connectivity index (χ2n) is 5.27. The number of aromatic nitrogens is 2. The van der Waals surface area contributed by atoms with Crippen molar-refractivity contribution in [3.05, 3.63) is 17.5 Å². The third-order valence-corrected chi connectivity index (χ3v) is 3.79. The van der Waals surface area contributed by atoms with Crippen LogP contribution >= 0.6 is 0 Å². The monoisotopic (exact) mass is 251 g/mol. The van der Waals surface area contributed by atoms with Crippen molar-refractivity contribution in [3.63, 3.8) is 0 Å². The van der Waals surface area contributed by atoms with Gasteiger partial charge in [0.15, 0.2) is 0 Å². The van der Waals surface area contributed by atoms with Crippen LogP contribution in [0.15, 0.2) is 6.20 Å². The molecule has 0 aliphatic carbocycles. The molecule has 1 rings (SSSR count). The summed E-state index contributed by atoms with van der Waals surface area (Å²) in [5, 5.41) is 8.16. The van der Waals surface area contributed by atoms with Gasteiger partial charge in [-0.25, -0.2) is 0 Å². The average molecular weight is 251 g/mol. The molecule has 3 nitrogen and oxygen atoms in total. The molecule has 0 saturated heterocycles. The molecule has 0 radical (unpaired) electrons. The molecule has 0 aromatic carbocycles. The van der Waals surface area contributed by atoms with Crippen molar-refractivity contribution >= 4 is 0 Å². The third-order valence-electron chi connectivity index (χ3n) is 3.79. The third kappa shape index (κ3) is 4.13. The van der Waals surface area contributed by atoms with Gasteiger partial charge < -0.3 is 5.32 Å². The smallest absolute Gasteiger partial charge is 0.0641 e. The second kappa shape index (κ2) is 7.57. The van der Waals surface area contributed by atoms with E-state index in [4.69, 9.17) is 0 Å². The zero-order valence-electron chi connectivity index (χ0n) is 12.7. The highest BCUT2D eigenvalue weighted by atomic mass is 15.3. The van der Waals surface area contributed by atoms with Crippen LogP contribution in [-0.4, -0.2) is 16.3 Å². The van der Waals surface area contributed by atoms with E-state index in [1.807, 2.05) is 11.7 Å². The number of aryl methyl sites for hydroxylation is 2. The van der Waals surface area contributed by atoms with Crippen molar-refractivity contribution in [1.29, 1.82) is 0 Å². The predicted molar refractivity (Wildman–Crippen MR) is 77.7 cm³/mol. The predicted octanol–water partition coefficient (Wildman–Crippen LogP) is 3.60. The number of hydrogen-bond donors (Lipinski definition) is 1. The first-order chi connectivity index (χ1) is 8.62. The maximum absolute atomic E-state index is 4.48. The first kappa shape index (κ1) is 15.2. The van der Waals surface area contributed by atoms with E-state index in [1.165, 1.54) is 31.2 Å². The Bertz CT molecular complexity index is 340. The summed E-state index contributed by atoms with van der Waals surface area (Å²) >= 11 is 0. The van der Waals surface area contributed by atoms with Crippen LogP contribution < -0.4 is 5.32 Å². The molecule has 0 saturated carbocycles. The Kier molecular flexibility index (Phi) is 6.41. The summed E-state index contributed by atoms with van der Waals surface area (Å²) in [6, 6.07) is 0.462. The van der Waals surface area contributed by atoms with Crippen LogP contribution in [-0.2, 0) is 7.05 Å². The molecule has 1 aromatic rings. The highest BCUT2D eigenvalue weighted by Crippen LogP contribution is 2.26. The Morgan fingerprint density at radius 2 is 1.94 bits per heavy atom. The van der Waals surface area contributed by atoms with Gasteiger partial charge in [-0.05, 0) is 32.2 Å². The second-order valence-corrected chi connectivity index (χ2v) is 5.27. The standard InChI is InChI=1S/C15H29N3/c1-6-9-16-15(10-13(7-2)8-3)14-11-18(5)17-12(14)4/h11,13,15-16H,6-10H2,1-5H3. The lowest BCUT2D eigenvalue weighted by Gasteiger charge is -2.23. The maximum atomic E-state index is 4.48. The van der Waals surface area contributed by atoms with E-state index < -0.39 is 0 Å². The summed E-state index contributed by atoms with van der Waals surface area (Å²) in [5.74, 6) is 0.805. The molecule has 104 valence electrons. The molecular weight excluding hydrogens is 222 g/mol. The molecule has 1 aromatic heterocycles. The molecule has 1 atom stereocenters. The van der Waals surface area contributed by atoms with Gasteiger partial charge in [-0.3, -0.25) is 4.68 Å². The van der Waals surface area contributed by atoms with Gasteiger partial charge in [0.05, 0.1) is 5.69 Å². The minimum absolute atomic E-state index is 0.462. The van der Waals surface area contributed by atoms with Gasteiger partial charge in [0.2, 0.25) is 0 Å². The molecule has 0 aliphatic heterocycles. The molecule has 1 N–H and O–H groups in total. The van der Waals surface area contributed by atoms with E-state index in [1.54, 1.807) is 0 Å². The van der Waals surface area contributed by atoms with E-state index in [-0.39, 0.29) is 0 Å². The molecule has 18 heavy (non-hydrogen) atoms. The SMILES string of the molecule is CCCNC(CC(CC)CC)c1cn(C)nc1C. The molecule has 1 unspecified atom stereocenters. The molecular formula is C15H29N3.